The lowest BCUT2D eigenvalue weighted by Crippen LogP contribution is -2.30. The number of unbranched alkanes of at least 4 members (excludes halogenated alkanes) is 22. The molecule has 0 aromatic heterocycles. The van der Waals surface area contributed by atoms with E-state index >= 15 is 0 Å². The molecule has 6 nitrogen and oxygen atoms in total. The molecule has 0 bridgehead atoms. The van der Waals surface area contributed by atoms with Gasteiger partial charge in [0.1, 0.15) is 13.2 Å². The Morgan fingerprint density at radius 1 is 0.276 bits per heavy atom. The lowest BCUT2D eigenvalue weighted by molar-refractivity contribution is -0.167. The van der Waals surface area contributed by atoms with E-state index in [1.807, 2.05) is 0 Å². The van der Waals surface area contributed by atoms with Gasteiger partial charge in [0, 0.05) is 19.3 Å². The molecule has 0 aromatic rings. The topological polar surface area (TPSA) is 78.9 Å². The number of hydrogen-bond acceptors (Lipinski definition) is 6. The molecule has 0 N–H and O–H groups in total. The summed E-state index contributed by atoms with van der Waals surface area (Å²) in [7, 11) is 0. The van der Waals surface area contributed by atoms with Crippen molar-refractivity contribution in [3.8, 4) is 0 Å². The molecule has 1 atom stereocenters. The fourth-order valence-electron chi connectivity index (χ4n) is 8.20. The van der Waals surface area contributed by atoms with Gasteiger partial charge in [0.25, 0.3) is 0 Å². The van der Waals surface area contributed by atoms with Crippen LogP contribution in [0.15, 0.2) is 134 Å². The van der Waals surface area contributed by atoms with Crippen LogP contribution in [-0.2, 0) is 28.6 Å². The van der Waals surface area contributed by atoms with E-state index in [1.54, 1.807) is 0 Å². The van der Waals surface area contributed by atoms with E-state index in [0.29, 0.717) is 19.3 Å². The molecule has 0 rings (SSSR count). The average molecular weight is 1050 g/mol. The maximum atomic E-state index is 12.8. The van der Waals surface area contributed by atoms with Gasteiger partial charge >= 0.3 is 17.9 Å². The maximum absolute atomic E-state index is 12.8. The number of carbonyl (C=O) groups excluding carboxylic acids is 3. The predicted octanol–water partition coefficient (Wildman–Crippen LogP) is 21.4. The van der Waals surface area contributed by atoms with E-state index in [2.05, 4.69) is 154 Å². The molecule has 0 saturated carbocycles. The van der Waals surface area contributed by atoms with Crippen LogP contribution in [0, 0.1) is 0 Å². The van der Waals surface area contributed by atoms with Crippen molar-refractivity contribution in [1.29, 1.82) is 0 Å². The van der Waals surface area contributed by atoms with Gasteiger partial charge in [-0.15, -0.1) is 0 Å². The van der Waals surface area contributed by atoms with Gasteiger partial charge in [-0.3, -0.25) is 14.4 Å². The van der Waals surface area contributed by atoms with Gasteiger partial charge in [-0.1, -0.05) is 251 Å². The largest absolute Gasteiger partial charge is 0.462 e. The van der Waals surface area contributed by atoms with Crippen LogP contribution in [0.2, 0.25) is 0 Å². The zero-order valence-corrected chi connectivity index (χ0v) is 49.2. The standard InChI is InChI=1S/C70H114O6/c1-4-7-10-13-16-19-22-24-25-26-27-28-29-30-31-32-33-34-35-36-37-38-39-40-41-42-43-44-45-47-48-51-54-57-60-63-69(72)75-66-67(65-74-68(71)62-59-56-53-50-21-18-15-12-9-6-3)76-70(73)64-61-58-55-52-49-46-23-20-17-14-11-8-5-2/h7,10,12,15-16,19-20,23-25,27-28,30-31,33-34,36-37,39-40,42-43,67H,4-6,8-9,11,13-14,17-18,21-22,26,29,32,35,38,41,44-66H2,1-3H3/b10-7-,15-12-,19-16-,23-20-,25-24-,28-27-,31-30-,34-33-,37-36-,40-39-,43-42-. The highest BCUT2D eigenvalue weighted by Crippen LogP contribution is 2.14. The highest BCUT2D eigenvalue weighted by Gasteiger charge is 2.19. The molecule has 6 heteroatoms. The van der Waals surface area contributed by atoms with Crippen molar-refractivity contribution >= 4 is 17.9 Å². The van der Waals surface area contributed by atoms with Crippen molar-refractivity contribution < 1.29 is 28.6 Å². The highest BCUT2D eigenvalue weighted by atomic mass is 16.6. The average Bonchev–Trinajstić information content (AvgIpc) is 3.42. The fourth-order valence-corrected chi connectivity index (χ4v) is 8.20. The molecule has 0 spiro atoms. The van der Waals surface area contributed by atoms with Crippen molar-refractivity contribution in [2.24, 2.45) is 0 Å². The van der Waals surface area contributed by atoms with E-state index in [0.717, 1.165) is 154 Å². The molecule has 0 aliphatic heterocycles. The molecule has 0 amide bonds. The number of esters is 3. The minimum Gasteiger partial charge on any atom is -0.462 e. The van der Waals surface area contributed by atoms with Gasteiger partial charge in [0.2, 0.25) is 0 Å². The monoisotopic (exact) mass is 1050 g/mol. The molecule has 1 unspecified atom stereocenters. The van der Waals surface area contributed by atoms with Crippen LogP contribution in [0.4, 0.5) is 0 Å². The second-order valence-electron chi connectivity index (χ2n) is 20.2. The highest BCUT2D eigenvalue weighted by molar-refractivity contribution is 5.71. The normalized spacial score (nSPS) is 13.0. The predicted molar refractivity (Wildman–Crippen MR) is 329 cm³/mol. The molecule has 0 aliphatic rings. The summed E-state index contributed by atoms with van der Waals surface area (Å²) >= 11 is 0. The van der Waals surface area contributed by atoms with Crippen molar-refractivity contribution in [3.05, 3.63) is 134 Å². The Kier molecular flexibility index (Phi) is 59.4. The van der Waals surface area contributed by atoms with Crippen molar-refractivity contribution in [2.75, 3.05) is 13.2 Å². The Labute approximate surface area is 468 Å². The minimum absolute atomic E-state index is 0.0912. The Morgan fingerprint density at radius 2 is 0.539 bits per heavy atom. The van der Waals surface area contributed by atoms with E-state index in [9.17, 15) is 14.4 Å². The third-order valence-corrected chi connectivity index (χ3v) is 12.8. The summed E-state index contributed by atoms with van der Waals surface area (Å²) < 4.78 is 16.8. The van der Waals surface area contributed by atoms with Crippen molar-refractivity contribution in [1.82, 2.24) is 0 Å². The van der Waals surface area contributed by atoms with Crippen LogP contribution >= 0.6 is 0 Å². The fraction of sp³-hybridized carbons (Fsp3) is 0.643. The van der Waals surface area contributed by atoms with Gasteiger partial charge < -0.3 is 14.2 Å². The number of hydrogen-bond donors (Lipinski definition) is 0. The first-order valence-electron chi connectivity index (χ1n) is 31.2. The molecule has 0 radical (unpaired) electrons. The van der Waals surface area contributed by atoms with E-state index < -0.39 is 6.10 Å². The molecule has 430 valence electrons. The minimum atomic E-state index is -0.792. The summed E-state index contributed by atoms with van der Waals surface area (Å²) in [5, 5.41) is 0. The third kappa shape index (κ3) is 60.4. The lowest BCUT2D eigenvalue weighted by Gasteiger charge is -2.18. The molecule has 0 fully saturated rings. The smallest absolute Gasteiger partial charge is 0.306 e. The summed E-state index contributed by atoms with van der Waals surface area (Å²) in [5.74, 6) is -0.924. The van der Waals surface area contributed by atoms with Crippen molar-refractivity contribution in [3.63, 3.8) is 0 Å². The first kappa shape index (κ1) is 71.5. The van der Waals surface area contributed by atoms with Crippen LogP contribution < -0.4 is 0 Å². The summed E-state index contributed by atoms with van der Waals surface area (Å²) in [6.45, 7) is 6.42. The second kappa shape index (κ2) is 63.1. The van der Waals surface area contributed by atoms with Gasteiger partial charge in [-0.25, -0.2) is 0 Å². The third-order valence-electron chi connectivity index (χ3n) is 12.8. The van der Waals surface area contributed by atoms with E-state index in [-0.39, 0.29) is 31.1 Å². The Morgan fingerprint density at radius 3 is 0.868 bits per heavy atom. The molecular weight excluding hydrogens is 937 g/mol. The number of allylic oxidation sites excluding steroid dienone is 22. The Bertz CT molecular complexity index is 1630. The van der Waals surface area contributed by atoms with Crippen LogP contribution in [0.5, 0.6) is 0 Å². The van der Waals surface area contributed by atoms with Gasteiger partial charge in [-0.05, 0) is 135 Å². The van der Waals surface area contributed by atoms with E-state index in [4.69, 9.17) is 14.2 Å². The SMILES string of the molecule is CC/C=C\C/C=C\C/C=C\C/C=C\C/C=C\C/C=C\C/C=C\C/C=C\C/C=C\CCCCCCCCCC(=O)OCC(COC(=O)CCCCCCC/C=C\CCC)OC(=O)CCCCCCC/C=C\CCCCCC. The van der Waals surface area contributed by atoms with Gasteiger partial charge in [0.05, 0.1) is 0 Å². The molecule has 0 aliphatic carbocycles. The Balaban J connectivity index is 4.20. The first-order valence-corrected chi connectivity index (χ1v) is 31.2. The second-order valence-corrected chi connectivity index (χ2v) is 20.2. The first-order chi connectivity index (χ1) is 37.5. The quantitative estimate of drug-likeness (QED) is 0.0261. The molecule has 0 saturated heterocycles. The van der Waals surface area contributed by atoms with Gasteiger partial charge in [0.15, 0.2) is 6.10 Å². The Hall–Kier alpha value is -4.45. The summed E-state index contributed by atoms with van der Waals surface area (Å²) in [6.07, 6.45) is 89.0. The van der Waals surface area contributed by atoms with Crippen molar-refractivity contribution in [2.45, 2.75) is 277 Å². The van der Waals surface area contributed by atoms with Crippen LogP contribution in [-0.4, -0.2) is 37.2 Å². The molecule has 0 heterocycles. The number of ether oxygens (including phenoxy) is 3. The zero-order valence-electron chi connectivity index (χ0n) is 49.2. The summed E-state index contributed by atoms with van der Waals surface area (Å²) in [4.78, 5) is 38.1. The lowest BCUT2D eigenvalue weighted by atomic mass is 10.1. The molecular formula is C70H114O6. The number of rotatable bonds is 55. The van der Waals surface area contributed by atoms with Crippen LogP contribution in [0.25, 0.3) is 0 Å². The summed E-state index contributed by atoms with van der Waals surface area (Å²) in [5.41, 5.74) is 0. The van der Waals surface area contributed by atoms with E-state index in [1.165, 1.54) is 77.0 Å². The maximum Gasteiger partial charge on any atom is 0.306 e. The number of carbonyl (C=O) groups is 3. The molecule has 0 aromatic carbocycles. The molecule has 76 heavy (non-hydrogen) atoms. The van der Waals surface area contributed by atoms with Crippen LogP contribution in [0.1, 0.15) is 271 Å². The van der Waals surface area contributed by atoms with Crippen LogP contribution in [0.3, 0.4) is 0 Å². The van der Waals surface area contributed by atoms with Gasteiger partial charge in [-0.2, -0.15) is 0 Å². The zero-order chi connectivity index (χ0) is 55.0. The summed E-state index contributed by atoms with van der Waals surface area (Å²) in [6, 6.07) is 0.